The van der Waals surface area contributed by atoms with Gasteiger partial charge >= 0.3 is 12.1 Å². The number of esters is 1. The molecule has 2 unspecified atom stereocenters. The van der Waals surface area contributed by atoms with Crippen LogP contribution in [0.2, 0.25) is 0 Å². The Labute approximate surface area is 163 Å². The molecule has 1 aliphatic rings. The van der Waals surface area contributed by atoms with E-state index in [0.29, 0.717) is 0 Å². The van der Waals surface area contributed by atoms with Crippen LogP contribution in [0.25, 0.3) is 0 Å². The van der Waals surface area contributed by atoms with E-state index < -0.39 is 41.4 Å². The molecule has 0 heterocycles. The van der Waals surface area contributed by atoms with Crippen LogP contribution in [-0.2, 0) is 15.8 Å². The Kier molecular flexibility index (Phi) is 5.58. The highest BCUT2D eigenvalue weighted by atomic mass is 19.4. The number of amides is 2. The third-order valence-electron chi connectivity index (χ3n) is 4.50. The molecule has 2 aromatic carbocycles. The molecule has 2 atom stereocenters. The molecule has 0 aliphatic heterocycles. The van der Waals surface area contributed by atoms with E-state index in [9.17, 15) is 27.6 Å². The van der Waals surface area contributed by atoms with Crippen molar-refractivity contribution in [2.45, 2.75) is 18.5 Å². The van der Waals surface area contributed by atoms with Crippen LogP contribution < -0.4 is 15.8 Å². The highest BCUT2D eigenvalue weighted by molar-refractivity contribution is 5.96. The molecule has 9 heteroatoms. The van der Waals surface area contributed by atoms with E-state index in [2.05, 4.69) is 5.32 Å². The number of hydrogen-bond acceptors (Lipinski definition) is 4. The molecule has 1 aliphatic carbocycles. The number of benzene rings is 2. The molecule has 1 saturated carbocycles. The van der Waals surface area contributed by atoms with Gasteiger partial charge < -0.3 is 15.8 Å². The predicted octanol–water partition coefficient (Wildman–Crippen LogP) is 2.63. The smallest absolute Gasteiger partial charge is 0.416 e. The summed E-state index contributed by atoms with van der Waals surface area (Å²) in [6, 6.07) is 10.8. The maximum Gasteiger partial charge on any atom is 0.416 e. The SMILES string of the molecule is NC(=O)CNC(=O)c1cccc(OC(=O)C2CC2c2ccccc2C(F)(F)F)c1. The van der Waals surface area contributed by atoms with Gasteiger partial charge in [0.15, 0.2) is 0 Å². The minimum absolute atomic E-state index is 0.0709. The van der Waals surface area contributed by atoms with Crippen molar-refractivity contribution in [3.05, 3.63) is 65.2 Å². The molecule has 3 rings (SSSR count). The van der Waals surface area contributed by atoms with Crippen molar-refractivity contribution in [1.29, 1.82) is 0 Å². The summed E-state index contributed by atoms with van der Waals surface area (Å²) in [4.78, 5) is 35.0. The Morgan fingerprint density at radius 2 is 1.83 bits per heavy atom. The zero-order valence-electron chi connectivity index (χ0n) is 15.0. The fourth-order valence-electron chi connectivity index (χ4n) is 3.04. The fourth-order valence-corrected chi connectivity index (χ4v) is 3.04. The fraction of sp³-hybridized carbons (Fsp3) is 0.250. The number of nitrogens with one attached hydrogen (secondary N) is 1. The molecule has 2 aromatic rings. The van der Waals surface area contributed by atoms with Gasteiger partial charge in [-0.1, -0.05) is 24.3 Å². The van der Waals surface area contributed by atoms with Crippen LogP contribution in [0, 0.1) is 5.92 Å². The monoisotopic (exact) mass is 406 g/mol. The lowest BCUT2D eigenvalue weighted by molar-refractivity contribution is -0.139. The summed E-state index contributed by atoms with van der Waals surface area (Å²) in [5.41, 5.74) is 4.42. The van der Waals surface area contributed by atoms with Crippen molar-refractivity contribution in [3.63, 3.8) is 0 Å². The van der Waals surface area contributed by atoms with Gasteiger partial charge in [-0.2, -0.15) is 13.2 Å². The van der Waals surface area contributed by atoms with E-state index in [4.69, 9.17) is 10.5 Å². The van der Waals surface area contributed by atoms with Gasteiger partial charge in [0, 0.05) is 5.56 Å². The molecule has 6 nitrogen and oxygen atoms in total. The Bertz CT molecular complexity index is 959. The lowest BCUT2D eigenvalue weighted by Crippen LogP contribution is -2.33. The quantitative estimate of drug-likeness (QED) is 0.569. The number of ether oxygens (including phenoxy) is 1. The van der Waals surface area contributed by atoms with Crippen LogP contribution in [-0.4, -0.2) is 24.3 Å². The summed E-state index contributed by atoms with van der Waals surface area (Å²) in [6.45, 7) is -0.342. The lowest BCUT2D eigenvalue weighted by atomic mass is 10.0. The van der Waals surface area contributed by atoms with E-state index >= 15 is 0 Å². The Morgan fingerprint density at radius 3 is 2.52 bits per heavy atom. The van der Waals surface area contributed by atoms with E-state index in [0.717, 1.165) is 6.07 Å². The zero-order chi connectivity index (χ0) is 21.2. The number of hydrogen-bond donors (Lipinski definition) is 2. The molecule has 0 bridgehead atoms. The van der Waals surface area contributed by atoms with E-state index in [1.54, 1.807) is 0 Å². The summed E-state index contributed by atoms with van der Waals surface area (Å²) < 4.78 is 44.7. The third kappa shape index (κ3) is 4.92. The topological polar surface area (TPSA) is 98.5 Å². The zero-order valence-corrected chi connectivity index (χ0v) is 15.0. The van der Waals surface area contributed by atoms with Crippen LogP contribution in [0.4, 0.5) is 13.2 Å². The molecule has 2 amide bonds. The van der Waals surface area contributed by atoms with Crippen LogP contribution in [0.3, 0.4) is 0 Å². The molecule has 0 aromatic heterocycles. The maximum absolute atomic E-state index is 13.2. The minimum atomic E-state index is -4.50. The Morgan fingerprint density at radius 1 is 1.10 bits per heavy atom. The molecular formula is C20H17F3N2O4. The van der Waals surface area contributed by atoms with Crippen LogP contribution in [0.15, 0.2) is 48.5 Å². The van der Waals surface area contributed by atoms with Gasteiger partial charge in [0.25, 0.3) is 5.91 Å². The first-order valence-electron chi connectivity index (χ1n) is 8.71. The van der Waals surface area contributed by atoms with Crippen molar-refractivity contribution in [1.82, 2.24) is 5.32 Å². The van der Waals surface area contributed by atoms with Crippen LogP contribution >= 0.6 is 0 Å². The normalized spacial score (nSPS) is 18.0. The van der Waals surface area contributed by atoms with Crippen LogP contribution in [0.5, 0.6) is 5.75 Å². The number of carbonyl (C=O) groups excluding carboxylic acids is 3. The number of halogens is 3. The maximum atomic E-state index is 13.2. The first kappa shape index (κ1) is 20.4. The van der Waals surface area contributed by atoms with Crippen molar-refractivity contribution in [3.8, 4) is 5.75 Å². The lowest BCUT2D eigenvalue weighted by Gasteiger charge is -2.12. The third-order valence-corrected chi connectivity index (χ3v) is 4.50. The minimum Gasteiger partial charge on any atom is -0.426 e. The number of alkyl halides is 3. The van der Waals surface area contributed by atoms with Gasteiger partial charge in [-0.25, -0.2) is 0 Å². The van der Waals surface area contributed by atoms with E-state index in [1.165, 1.54) is 42.5 Å². The molecule has 0 saturated heterocycles. The average Bonchev–Trinajstić information content (AvgIpc) is 3.46. The van der Waals surface area contributed by atoms with E-state index in [-0.39, 0.29) is 29.8 Å². The summed E-state index contributed by atoms with van der Waals surface area (Å²) >= 11 is 0. The summed E-state index contributed by atoms with van der Waals surface area (Å²) in [5, 5.41) is 2.30. The second kappa shape index (κ2) is 7.94. The van der Waals surface area contributed by atoms with E-state index in [1.807, 2.05) is 0 Å². The standard InChI is InChI=1S/C20H17F3N2O4/c21-20(22,23)16-7-2-1-6-13(16)14-9-15(14)19(28)29-12-5-3-4-11(8-12)18(27)25-10-17(24)26/h1-8,14-15H,9-10H2,(H2,24,26)(H,25,27). The van der Waals surface area contributed by atoms with Crippen molar-refractivity contribution in [2.75, 3.05) is 6.54 Å². The van der Waals surface area contributed by atoms with Gasteiger partial charge in [-0.05, 0) is 42.2 Å². The van der Waals surface area contributed by atoms with Crippen molar-refractivity contribution < 1.29 is 32.3 Å². The Balaban J connectivity index is 1.67. The first-order valence-corrected chi connectivity index (χ1v) is 8.71. The number of carbonyl (C=O) groups is 3. The highest BCUT2D eigenvalue weighted by Gasteiger charge is 2.49. The van der Waals surface area contributed by atoms with Crippen molar-refractivity contribution in [2.24, 2.45) is 11.7 Å². The Hall–Kier alpha value is -3.36. The summed E-state index contributed by atoms with van der Waals surface area (Å²) in [5.74, 6) is -3.13. The number of primary amides is 1. The van der Waals surface area contributed by atoms with Gasteiger partial charge in [-0.3, -0.25) is 14.4 Å². The molecular weight excluding hydrogens is 389 g/mol. The molecule has 152 valence electrons. The highest BCUT2D eigenvalue weighted by Crippen LogP contribution is 2.51. The molecule has 1 fully saturated rings. The average molecular weight is 406 g/mol. The molecule has 0 spiro atoms. The predicted molar refractivity (Wildman–Crippen MR) is 95.9 cm³/mol. The number of rotatable bonds is 6. The second-order valence-corrected chi connectivity index (χ2v) is 6.63. The molecule has 3 N–H and O–H groups in total. The number of nitrogens with two attached hydrogens (primary N) is 1. The molecule has 0 radical (unpaired) electrons. The van der Waals surface area contributed by atoms with Gasteiger partial charge in [0.1, 0.15) is 5.75 Å². The van der Waals surface area contributed by atoms with Crippen LogP contribution in [0.1, 0.15) is 33.8 Å². The summed E-state index contributed by atoms with van der Waals surface area (Å²) in [6.07, 6.45) is -4.25. The van der Waals surface area contributed by atoms with Gasteiger partial charge in [0.05, 0.1) is 18.0 Å². The summed E-state index contributed by atoms with van der Waals surface area (Å²) in [7, 11) is 0. The molecule has 29 heavy (non-hydrogen) atoms. The second-order valence-electron chi connectivity index (χ2n) is 6.63. The first-order chi connectivity index (χ1) is 13.7. The van der Waals surface area contributed by atoms with Crippen molar-refractivity contribution >= 4 is 17.8 Å². The van der Waals surface area contributed by atoms with Gasteiger partial charge in [0.2, 0.25) is 5.91 Å². The van der Waals surface area contributed by atoms with Gasteiger partial charge in [-0.15, -0.1) is 0 Å². The largest absolute Gasteiger partial charge is 0.426 e.